The van der Waals surface area contributed by atoms with Gasteiger partial charge >= 0.3 is 0 Å². The highest BCUT2D eigenvalue weighted by atomic mass is 32.1. The molecule has 0 unspecified atom stereocenters. The number of hydrogen-bond donors (Lipinski definition) is 1. The molecule has 0 spiro atoms. The minimum Gasteiger partial charge on any atom is -0.496 e. The molecule has 1 fully saturated rings. The fraction of sp³-hybridized carbons (Fsp3) is 0.333. The zero-order chi connectivity index (χ0) is 20.2. The van der Waals surface area contributed by atoms with E-state index in [0.29, 0.717) is 36.0 Å². The Balaban J connectivity index is 1.61. The van der Waals surface area contributed by atoms with Crippen molar-refractivity contribution in [2.45, 2.75) is 6.54 Å². The SMILES string of the molecule is COc1ccccc1CNC(=O)c1nc2c(OC)ccc(N3CCOCC3)c2s1. The van der Waals surface area contributed by atoms with Gasteiger partial charge in [-0.1, -0.05) is 18.2 Å². The molecule has 0 atom stereocenters. The van der Waals surface area contributed by atoms with E-state index in [1.807, 2.05) is 36.4 Å². The van der Waals surface area contributed by atoms with Gasteiger partial charge in [0.2, 0.25) is 0 Å². The number of benzene rings is 2. The fourth-order valence-electron chi connectivity index (χ4n) is 3.39. The molecule has 0 radical (unpaired) electrons. The zero-order valence-corrected chi connectivity index (χ0v) is 17.3. The van der Waals surface area contributed by atoms with Crippen LogP contribution in [0.4, 0.5) is 5.69 Å². The first-order chi connectivity index (χ1) is 14.2. The van der Waals surface area contributed by atoms with Gasteiger partial charge in [-0.3, -0.25) is 4.79 Å². The van der Waals surface area contributed by atoms with Crippen molar-refractivity contribution in [3.8, 4) is 11.5 Å². The number of nitrogens with zero attached hydrogens (tertiary/aromatic N) is 2. The van der Waals surface area contributed by atoms with Crippen LogP contribution in [-0.4, -0.2) is 51.4 Å². The molecule has 1 N–H and O–H groups in total. The number of hydrogen-bond acceptors (Lipinski definition) is 7. The summed E-state index contributed by atoms with van der Waals surface area (Å²) < 4.78 is 17.2. The van der Waals surface area contributed by atoms with Gasteiger partial charge in [-0.05, 0) is 18.2 Å². The van der Waals surface area contributed by atoms with Gasteiger partial charge in [0.05, 0.1) is 37.8 Å². The summed E-state index contributed by atoms with van der Waals surface area (Å²) in [6.07, 6.45) is 0. The number of aromatic nitrogens is 1. The zero-order valence-electron chi connectivity index (χ0n) is 16.4. The normalized spacial score (nSPS) is 14.1. The van der Waals surface area contributed by atoms with E-state index < -0.39 is 0 Å². The highest BCUT2D eigenvalue weighted by Gasteiger charge is 2.21. The summed E-state index contributed by atoms with van der Waals surface area (Å²) in [5, 5.41) is 3.35. The van der Waals surface area contributed by atoms with Crippen molar-refractivity contribution < 1.29 is 19.0 Å². The Labute approximate surface area is 173 Å². The summed E-state index contributed by atoms with van der Waals surface area (Å²) in [7, 11) is 3.23. The topological polar surface area (TPSA) is 72.9 Å². The summed E-state index contributed by atoms with van der Waals surface area (Å²) >= 11 is 1.38. The summed E-state index contributed by atoms with van der Waals surface area (Å²) in [5.41, 5.74) is 2.69. The first-order valence-corrected chi connectivity index (χ1v) is 10.2. The van der Waals surface area contributed by atoms with E-state index in [4.69, 9.17) is 14.2 Å². The number of nitrogens with one attached hydrogen (secondary N) is 1. The Kier molecular flexibility index (Phi) is 5.82. The van der Waals surface area contributed by atoms with Crippen molar-refractivity contribution in [1.82, 2.24) is 10.3 Å². The number of carbonyl (C=O) groups is 1. The van der Waals surface area contributed by atoms with Crippen molar-refractivity contribution in [3.05, 3.63) is 47.0 Å². The van der Waals surface area contributed by atoms with Crippen LogP contribution >= 0.6 is 11.3 Å². The average Bonchev–Trinajstić information content (AvgIpc) is 3.23. The van der Waals surface area contributed by atoms with Crippen LogP contribution in [-0.2, 0) is 11.3 Å². The Hall–Kier alpha value is -2.84. The van der Waals surface area contributed by atoms with Crippen molar-refractivity contribution in [1.29, 1.82) is 0 Å². The Bertz CT molecular complexity index is 1010. The van der Waals surface area contributed by atoms with Crippen LogP contribution in [0.3, 0.4) is 0 Å². The molecule has 29 heavy (non-hydrogen) atoms. The molecule has 0 bridgehead atoms. The lowest BCUT2D eigenvalue weighted by Crippen LogP contribution is -2.36. The Morgan fingerprint density at radius 2 is 1.90 bits per heavy atom. The molecule has 8 heteroatoms. The van der Waals surface area contributed by atoms with Gasteiger partial charge in [-0.15, -0.1) is 11.3 Å². The smallest absolute Gasteiger partial charge is 0.280 e. The lowest BCUT2D eigenvalue weighted by atomic mass is 10.2. The molecular formula is C21H23N3O4S. The summed E-state index contributed by atoms with van der Waals surface area (Å²) in [4.78, 5) is 19.6. The van der Waals surface area contributed by atoms with Gasteiger partial charge in [-0.25, -0.2) is 4.98 Å². The second kappa shape index (κ2) is 8.67. The van der Waals surface area contributed by atoms with Crippen molar-refractivity contribution in [3.63, 3.8) is 0 Å². The van der Waals surface area contributed by atoms with Crippen LogP contribution in [0.5, 0.6) is 11.5 Å². The fourth-order valence-corrected chi connectivity index (χ4v) is 4.42. The van der Waals surface area contributed by atoms with Gasteiger partial charge < -0.3 is 24.4 Å². The Morgan fingerprint density at radius 1 is 1.14 bits per heavy atom. The molecule has 152 valence electrons. The van der Waals surface area contributed by atoms with Crippen LogP contribution in [0.1, 0.15) is 15.4 Å². The largest absolute Gasteiger partial charge is 0.496 e. The first kappa shape index (κ1) is 19.5. The number of para-hydroxylation sites is 1. The number of carbonyl (C=O) groups excluding carboxylic acids is 1. The standard InChI is InChI=1S/C21H23N3O4S/c1-26-16-6-4-3-5-14(16)13-22-20(25)21-23-18-17(27-2)8-7-15(19(18)29-21)24-9-11-28-12-10-24/h3-8H,9-13H2,1-2H3,(H,22,25). The molecule has 4 rings (SSSR count). The van der Waals surface area contributed by atoms with E-state index >= 15 is 0 Å². The van der Waals surface area contributed by atoms with Crippen molar-refractivity contribution >= 4 is 33.1 Å². The molecule has 0 aliphatic carbocycles. The third kappa shape index (κ3) is 3.99. The van der Waals surface area contributed by atoms with E-state index in [2.05, 4.69) is 15.2 Å². The molecule has 1 aromatic heterocycles. The third-order valence-corrected chi connectivity index (χ3v) is 5.96. The quantitative estimate of drug-likeness (QED) is 0.670. The van der Waals surface area contributed by atoms with Crippen molar-refractivity contribution in [2.24, 2.45) is 0 Å². The van der Waals surface area contributed by atoms with Crippen LogP contribution in [0.15, 0.2) is 36.4 Å². The van der Waals surface area contributed by atoms with Gasteiger partial charge in [0.1, 0.15) is 17.0 Å². The maximum Gasteiger partial charge on any atom is 0.280 e. The van der Waals surface area contributed by atoms with Crippen LogP contribution in [0.25, 0.3) is 10.2 Å². The van der Waals surface area contributed by atoms with Crippen molar-refractivity contribution in [2.75, 3.05) is 45.4 Å². The number of ether oxygens (including phenoxy) is 3. The van der Waals surface area contributed by atoms with E-state index in [1.54, 1.807) is 14.2 Å². The Morgan fingerprint density at radius 3 is 2.66 bits per heavy atom. The molecule has 2 aromatic carbocycles. The minimum absolute atomic E-state index is 0.216. The monoisotopic (exact) mass is 413 g/mol. The number of rotatable bonds is 6. The second-order valence-electron chi connectivity index (χ2n) is 6.58. The molecule has 1 amide bonds. The summed E-state index contributed by atoms with van der Waals surface area (Å²) in [6, 6.07) is 11.6. The molecule has 3 aromatic rings. The summed E-state index contributed by atoms with van der Waals surface area (Å²) in [6.45, 7) is 3.38. The highest BCUT2D eigenvalue weighted by molar-refractivity contribution is 7.21. The lowest BCUT2D eigenvalue weighted by Gasteiger charge is -2.29. The number of fused-ring (bicyclic) bond motifs is 1. The predicted molar refractivity (Wildman–Crippen MR) is 113 cm³/mol. The maximum atomic E-state index is 12.8. The number of morpholine rings is 1. The summed E-state index contributed by atoms with van der Waals surface area (Å²) in [5.74, 6) is 1.19. The second-order valence-corrected chi connectivity index (χ2v) is 7.58. The highest BCUT2D eigenvalue weighted by Crippen LogP contribution is 2.37. The minimum atomic E-state index is -0.216. The molecule has 1 aliphatic rings. The lowest BCUT2D eigenvalue weighted by molar-refractivity contribution is 0.0950. The van der Waals surface area contributed by atoms with Gasteiger partial charge in [-0.2, -0.15) is 0 Å². The maximum absolute atomic E-state index is 12.8. The van der Waals surface area contributed by atoms with E-state index in [-0.39, 0.29) is 5.91 Å². The third-order valence-electron chi connectivity index (χ3n) is 4.88. The van der Waals surface area contributed by atoms with E-state index in [9.17, 15) is 4.79 Å². The van der Waals surface area contributed by atoms with Crippen LogP contribution in [0.2, 0.25) is 0 Å². The number of thiazole rings is 1. The molecular weight excluding hydrogens is 390 g/mol. The molecule has 2 heterocycles. The van der Waals surface area contributed by atoms with E-state index in [0.717, 1.165) is 34.8 Å². The van der Waals surface area contributed by atoms with Crippen LogP contribution < -0.4 is 19.7 Å². The van der Waals surface area contributed by atoms with E-state index in [1.165, 1.54) is 11.3 Å². The molecule has 0 saturated carbocycles. The molecule has 1 aliphatic heterocycles. The number of anilines is 1. The first-order valence-electron chi connectivity index (χ1n) is 9.41. The molecule has 1 saturated heterocycles. The molecule has 7 nitrogen and oxygen atoms in total. The van der Waals surface area contributed by atoms with Gasteiger partial charge in [0.25, 0.3) is 5.91 Å². The predicted octanol–water partition coefficient (Wildman–Crippen LogP) is 3.08. The van der Waals surface area contributed by atoms with Gasteiger partial charge in [0, 0.05) is 25.2 Å². The number of methoxy groups -OCH3 is 2. The number of amides is 1. The average molecular weight is 413 g/mol. The van der Waals surface area contributed by atoms with Crippen LogP contribution in [0, 0.1) is 0 Å². The van der Waals surface area contributed by atoms with Gasteiger partial charge in [0.15, 0.2) is 5.01 Å².